The van der Waals surface area contributed by atoms with Gasteiger partial charge in [0.2, 0.25) is 0 Å². The molecule has 0 radical (unpaired) electrons. The van der Waals surface area contributed by atoms with E-state index in [4.69, 9.17) is 4.74 Å². The number of nitrogens with one attached hydrogen (secondary N) is 2. The van der Waals surface area contributed by atoms with Crippen LogP contribution in [-0.2, 0) is 4.74 Å². The molecule has 0 unspecified atom stereocenters. The van der Waals surface area contributed by atoms with Crippen molar-refractivity contribution >= 4 is 49.4 Å². The van der Waals surface area contributed by atoms with Gasteiger partial charge in [0.15, 0.2) is 5.69 Å². The molecule has 1 aromatic carbocycles. The average molecular weight is 404 g/mol. The van der Waals surface area contributed by atoms with E-state index >= 15 is 0 Å². The highest BCUT2D eigenvalue weighted by molar-refractivity contribution is 9.11. The number of halogens is 2. The molecule has 0 fully saturated rings. The fourth-order valence-electron chi connectivity index (χ4n) is 1.46. The predicted octanol–water partition coefficient (Wildman–Crippen LogP) is 2.37. The molecule has 1 aromatic heterocycles. The summed E-state index contributed by atoms with van der Waals surface area (Å²) < 4.78 is 5.90. The van der Waals surface area contributed by atoms with Crippen molar-refractivity contribution < 1.29 is 14.3 Å². The summed E-state index contributed by atoms with van der Waals surface area (Å²) >= 11 is 6.56. The molecule has 9 heteroatoms. The van der Waals surface area contributed by atoms with E-state index in [1.165, 1.54) is 13.3 Å². The molecule has 7 nitrogen and oxygen atoms in total. The zero-order valence-corrected chi connectivity index (χ0v) is 13.3. The molecular formula is C11H8Br2N4O3. The highest BCUT2D eigenvalue weighted by atomic mass is 79.9. The summed E-state index contributed by atoms with van der Waals surface area (Å²) in [5.74, 6) is -1.06. The smallest absolute Gasteiger partial charge is 0.340 e. The largest absolute Gasteiger partial charge is 0.465 e. The molecule has 0 aliphatic heterocycles. The number of H-pyrrole nitrogens is 1. The average Bonchev–Trinajstić information content (AvgIpc) is 2.94. The third-order valence-corrected chi connectivity index (χ3v) is 3.43. The minimum Gasteiger partial charge on any atom is -0.465 e. The number of methoxy groups -OCH3 is 1. The monoisotopic (exact) mass is 402 g/mol. The number of ether oxygens (including phenoxy) is 1. The first-order valence-corrected chi connectivity index (χ1v) is 6.86. The Balaban J connectivity index is 2.40. The van der Waals surface area contributed by atoms with Crippen molar-refractivity contribution in [1.29, 1.82) is 0 Å². The van der Waals surface area contributed by atoms with Crippen LogP contribution in [0.1, 0.15) is 20.8 Å². The second-order valence-electron chi connectivity index (χ2n) is 3.61. The summed E-state index contributed by atoms with van der Waals surface area (Å²) in [6, 6.07) is 3.25. The van der Waals surface area contributed by atoms with E-state index in [2.05, 4.69) is 52.6 Å². The molecule has 0 aliphatic rings. The zero-order chi connectivity index (χ0) is 14.7. The summed E-state index contributed by atoms with van der Waals surface area (Å²) in [5, 5.41) is 12.1. The highest BCUT2D eigenvalue weighted by Gasteiger charge is 2.19. The van der Waals surface area contributed by atoms with Crippen LogP contribution in [0.25, 0.3) is 0 Å². The molecule has 2 N–H and O–H groups in total. The number of carbonyl (C=O) groups is 2. The van der Waals surface area contributed by atoms with Crippen LogP contribution >= 0.6 is 31.9 Å². The minimum atomic E-state index is -0.567. The first-order valence-electron chi connectivity index (χ1n) is 5.27. The van der Waals surface area contributed by atoms with Crippen molar-refractivity contribution in [3.63, 3.8) is 0 Å². The minimum absolute atomic E-state index is 0.107. The number of nitrogens with zero attached hydrogens (tertiary/aromatic N) is 2. The lowest BCUT2D eigenvalue weighted by Crippen LogP contribution is -2.16. The third kappa shape index (κ3) is 3.05. The van der Waals surface area contributed by atoms with Crippen LogP contribution in [-0.4, -0.2) is 34.4 Å². The van der Waals surface area contributed by atoms with Gasteiger partial charge in [-0.15, -0.1) is 0 Å². The lowest BCUT2D eigenvalue weighted by atomic mass is 10.1. The summed E-state index contributed by atoms with van der Waals surface area (Å²) in [6.07, 6.45) is 1.28. The van der Waals surface area contributed by atoms with Gasteiger partial charge in [0.25, 0.3) is 5.91 Å². The Labute approximate surface area is 130 Å². The molecule has 0 bridgehead atoms. The van der Waals surface area contributed by atoms with Crippen LogP contribution < -0.4 is 5.32 Å². The maximum absolute atomic E-state index is 12.0. The second kappa shape index (κ2) is 6.14. The standard InChI is InChI=1S/C11H8Br2N4O3/c1-20-11(19)6-2-5(12)3-7(13)9(6)15-10(18)8-4-14-17-16-8/h2-4H,1H3,(H,15,18)(H,14,16,17). The number of benzene rings is 1. The fourth-order valence-corrected chi connectivity index (χ4v) is 2.78. The quantitative estimate of drug-likeness (QED) is 0.766. The Morgan fingerprint density at radius 1 is 1.35 bits per heavy atom. The molecule has 0 aliphatic carbocycles. The van der Waals surface area contributed by atoms with Crippen molar-refractivity contribution in [2.24, 2.45) is 0 Å². The van der Waals surface area contributed by atoms with Gasteiger partial charge in [-0.3, -0.25) is 4.79 Å². The van der Waals surface area contributed by atoms with Gasteiger partial charge in [0, 0.05) is 8.95 Å². The first-order chi connectivity index (χ1) is 9.52. The van der Waals surface area contributed by atoms with E-state index in [0.29, 0.717) is 14.6 Å². The molecular weight excluding hydrogens is 396 g/mol. The number of rotatable bonds is 3. The summed E-state index contributed by atoms with van der Waals surface area (Å²) in [7, 11) is 1.26. The number of carbonyl (C=O) groups excluding carboxylic acids is 2. The molecule has 1 amide bonds. The van der Waals surface area contributed by atoms with Gasteiger partial charge in [-0.05, 0) is 28.1 Å². The molecule has 0 spiro atoms. The van der Waals surface area contributed by atoms with Gasteiger partial charge in [-0.25, -0.2) is 4.79 Å². The van der Waals surface area contributed by atoms with Gasteiger partial charge < -0.3 is 10.1 Å². The lowest BCUT2D eigenvalue weighted by Gasteiger charge is -2.11. The van der Waals surface area contributed by atoms with E-state index in [1.54, 1.807) is 12.1 Å². The Kier molecular flexibility index (Phi) is 4.50. The predicted molar refractivity (Wildman–Crippen MR) is 77.5 cm³/mol. The molecule has 1 heterocycles. The van der Waals surface area contributed by atoms with Crippen molar-refractivity contribution in [2.75, 3.05) is 12.4 Å². The summed E-state index contributed by atoms with van der Waals surface area (Å²) in [5.41, 5.74) is 0.620. The fraction of sp³-hybridized carbons (Fsp3) is 0.0909. The summed E-state index contributed by atoms with van der Waals surface area (Å²) in [4.78, 5) is 23.7. The molecule has 2 aromatic rings. The van der Waals surface area contributed by atoms with E-state index in [-0.39, 0.29) is 11.3 Å². The van der Waals surface area contributed by atoms with Crippen molar-refractivity contribution in [3.05, 3.63) is 38.5 Å². The molecule has 0 saturated heterocycles. The topological polar surface area (TPSA) is 97.0 Å². The van der Waals surface area contributed by atoms with Crippen molar-refractivity contribution in [3.8, 4) is 0 Å². The lowest BCUT2D eigenvalue weighted by molar-refractivity contribution is 0.0602. The zero-order valence-electron chi connectivity index (χ0n) is 10.1. The number of amides is 1. The molecule has 104 valence electrons. The van der Waals surface area contributed by atoms with Gasteiger partial charge in [-0.1, -0.05) is 15.9 Å². The molecule has 0 atom stereocenters. The van der Waals surface area contributed by atoms with Crippen molar-refractivity contribution in [1.82, 2.24) is 15.4 Å². The normalized spacial score (nSPS) is 10.2. The van der Waals surface area contributed by atoms with Crippen LogP contribution in [0.2, 0.25) is 0 Å². The van der Waals surface area contributed by atoms with E-state index in [1.807, 2.05) is 0 Å². The van der Waals surface area contributed by atoms with Gasteiger partial charge >= 0.3 is 5.97 Å². The van der Waals surface area contributed by atoms with Gasteiger partial charge in [-0.2, -0.15) is 15.4 Å². The number of esters is 1. The van der Waals surface area contributed by atoms with Crippen LogP contribution in [0.5, 0.6) is 0 Å². The number of hydrogen-bond acceptors (Lipinski definition) is 5. The molecule has 20 heavy (non-hydrogen) atoms. The maximum atomic E-state index is 12.0. The SMILES string of the molecule is COC(=O)c1cc(Br)cc(Br)c1NC(=O)c1cn[nH]n1. The van der Waals surface area contributed by atoms with E-state index < -0.39 is 11.9 Å². The Hall–Kier alpha value is -1.74. The van der Waals surface area contributed by atoms with E-state index in [9.17, 15) is 9.59 Å². The number of anilines is 1. The maximum Gasteiger partial charge on any atom is 0.340 e. The van der Waals surface area contributed by atoms with E-state index in [0.717, 1.165) is 0 Å². The van der Waals surface area contributed by atoms with Crippen LogP contribution in [0.4, 0.5) is 5.69 Å². The molecule has 2 rings (SSSR count). The van der Waals surface area contributed by atoms with Crippen molar-refractivity contribution in [2.45, 2.75) is 0 Å². The summed E-state index contributed by atoms with van der Waals surface area (Å²) in [6.45, 7) is 0. The van der Waals surface area contributed by atoms with Gasteiger partial charge in [0.1, 0.15) is 0 Å². The first kappa shape index (κ1) is 14.7. The third-order valence-electron chi connectivity index (χ3n) is 2.35. The van der Waals surface area contributed by atoms with Gasteiger partial charge in [0.05, 0.1) is 24.6 Å². The Morgan fingerprint density at radius 3 is 2.70 bits per heavy atom. The Bertz CT molecular complexity index is 658. The van der Waals surface area contributed by atoms with Crippen LogP contribution in [0, 0.1) is 0 Å². The number of aromatic amines is 1. The van der Waals surface area contributed by atoms with Crippen LogP contribution in [0.15, 0.2) is 27.3 Å². The Morgan fingerprint density at radius 2 is 2.10 bits per heavy atom. The number of hydrogen-bond donors (Lipinski definition) is 2. The highest BCUT2D eigenvalue weighted by Crippen LogP contribution is 2.31. The molecule has 0 saturated carbocycles. The van der Waals surface area contributed by atoms with Crippen LogP contribution in [0.3, 0.4) is 0 Å². The second-order valence-corrected chi connectivity index (χ2v) is 5.38. The number of aromatic nitrogens is 3.